The highest BCUT2D eigenvalue weighted by molar-refractivity contribution is 6.78. The Labute approximate surface area is 287 Å². The number of hydrogen-bond acceptors (Lipinski definition) is 7. The number of carbonyl (C=O) groups is 1. The molecule has 0 aliphatic carbocycles. The molecule has 0 aliphatic rings. The molecule has 1 aromatic heterocycles. The normalized spacial score (nSPS) is 12.7. The molecule has 1 unspecified atom stereocenters. The van der Waals surface area contributed by atoms with Crippen molar-refractivity contribution in [3.63, 3.8) is 0 Å². The fourth-order valence-corrected chi connectivity index (χ4v) is 7.99. The van der Waals surface area contributed by atoms with Crippen LogP contribution in [0.15, 0.2) is 125 Å². The number of aryl methyl sites for hydroxylation is 2. The second-order valence-electron chi connectivity index (χ2n) is 12.5. The summed E-state index contributed by atoms with van der Waals surface area (Å²) >= 11 is 0. The van der Waals surface area contributed by atoms with Gasteiger partial charge in [-0.25, -0.2) is 4.79 Å². The summed E-state index contributed by atoms with van der Waals surface area (Å²) in [6.45, 7) is 3.94. The van der Waals surface area contributed by atoms with Crippen molar-refractivity contribution < 1.29 is 24.1 Å². The van der Waals surface area contributed by atoms with Gasteiger partial charge in [0.25, 0.3) is 11.5 Å². The van der Waals surface area contributed by atoms with Crippen molar-refractivity contribution in [1.29, 1.82) is 0 Å². The Morgan fingerprint density at radius 3 is 1.80 bits per heavy atom. The minimum Gasteiger partial charge on any atom is -0.497 e. The number of ether oxygens (including phenoxy) is 3. The Morgan fingerprint density at radius 1 is 0.776 bits per heavy atom. The highest BCUT2D eigenvalue weighted by Gasteiger charge is 2.40. The van der Waals surface area contributed by atoms with E-state index in [1.165, 1.54) is 10.8 Å². The molecule has 5 aromatic rings. The second kappa shape index (κ2) is 15.5. The zero-order chi connectivity index (χ0) is 35.0. The average molecular weight is 679 g/mol. The number of hydrogen-bond donors (Lipinski definition) is 1. The fraction of sp³-hybridized carbons (Fsp3) is 0.256. The lowest BCUT2D eigenvalue weighted by atomic mass is 9.80. The summed E-state index contributed by atoms with van der Waals surface area (Å²) in [4.78, 5) is 39.5. The molecule has 0 bridgehead atoms. The van der Waals surface area contributed by atoms with Gasteiger partial charge in [0.1, 0.15) is 25.2 Å². The van der Waals surface area contributed by atoms with Crippen molar-refractivity contribution in [2.45, 2.75) is 38.1 Å². The topological polar surface area (TPSA) is 109 Å². The molecule has 1 N–H and O–H groups in total. The first kappa shape index (κ1) is 35.3. The molecular weight excluding hydrogens is 637 g/mol. The largest absolute Gasteiger partial charge is 0.497 e. The number of methoxy groups -OCH3 is 2. The van der Waals surface area contributed by atoms with E-state index in [0.29, 0.717) is 28.8 Å². The van der Waals surface area contributed by atoms with E-state index in [-0.39, 0.29) is 18.3 Å². The van der Waals surface area contributed by atoms with Crippen molar-refractivity contribution in [3.8, 4) is 11.5 Å². The van der Waals surface area contributed by atoms with Gasteiger partial charge in [-0.2, -0.15) is 4.57 Å². The predicted molar refractivity (Wildman–Crippen MR) is 192 cm³/mol. The standard InChI is InChI=1S/C39H42N2O7Si/c1-29-26-40(38(45)41(36(29)43)37(44)30-12-7-5-8-13-30)24-11-25-49(4,27-42)28-48-39(31-14-9-6-10-15-31,32-16-20-34(46-2)21-17-32)33-18-22-35(47-3)23-19-33/h5-10,12-23,26,42H,11,24-25,27-28H2,1-4H3. The average Bonchev–Trinajstić information content (AvgIpc) is 3.15. The zero-order valence-electron chi connectivity index (χ0n) is 28.3. The number of benzene rings is 4. The van der Waals surface area contributed by atoms with E-state index in [2.05, 4.69) is 6.55 Å². The van der Waals surface area contributed by atoms with Crippen LogP contribution < -0.4 is 20.7 Å². The van der Waals surface area contributed by atoms with Gasteiger partial charge < -0.3 is 19.3 Å². The van der Waals surface area contributed by atoms with Gasteiger partial charge in [0.2, 0.25) is 0 Å². The molecule has 0 amide bonds. The summed E-state index contributed by atoms with van der Waals surface area (Å²) < 4.78 is 20.1. The summed E-state index contributed by atoms with van der Waals surface area (Å²) in [5.41, 5.74) is 0.921. The Hall–Kier alpha value is -5.03. The van der Waals surface area contributed by atoms with Crippen molar-refractivity contribution in [2.24, 2.45) is 0 Å². The number of carbonyl (C=O) groups excluding carboxylic acids is 1. The van der Waals surface area contributed by atoms with Crippen LogP contribution in [-0.2, 0) is 16.9 Å². The minimum absolute atomic E-state index is 0.0387. The van der Waals surface area contributed by atoms with E-state index < -0.39 is 30.8 Å². The second-order valence-corrected chi connectivity index (χ2v) is 17.2. The Morgan fingerprint density at radius 2 is 1.29 bits per heavy atom. The summed E-state index contributed by atoms with van der Waals surface area (Å²) in [6.07, 6.45) is 2.30. The molecule has 4 aromatic carbocycles. The SMILES string of the molecule is COc1ccc(C(OC[Si](C)(CO)CCCn2cc(C)c(=O)n(C(=O)c3ccccc3)c2=O)(c2ccccc2)c2ccc(OC)cc2)cc1. The van der Waals surface area contributed by atoms with Crippen molar-refractivity contribution in [1.82, 2.24) is 9.13 Å². The van der Waals surface area contributed by atoms with Crippen LogP contribution in [0.1, 0.15) is 39.0 Å². The van der Waals surface area contributed by atoms with E-state index in [9.17, 15) is 19.5 Å². The highest BCUT2D eigenvalue weighted by Crippen LogP contribution is 2.42. The molecule has 0 saturated heterocycles. The summed E-state index contributed by atoms with van der Waals surface area (Å²) in [7, 11) is 0.737. The van der Waals surface area contributed by atoms with Crippen LogP contribution in [0.2, 0.25) is 12.6 Å². The number of aromatic nitrogens is 2. The highest BCUT2D eigenvalue weighted by atomic mass is 28.3. The van der Waals surface area contributed by atoms with E-state index in [0.717, 1.165) is 28.2 Å². The molecule has 5 rings (SSSR count). The lowest BCUT2D eigenvalue weighted by Gasteiger charge is -2.39. The van der Waals surface area contributed by atoms with Crippen LogP contribution in [0.25, 0.3) is 0 Å². The monoisotopic (exact) mass is 678 g/mol. The molecule has 9 nitrogen and oxygen atoms in total. The summed E-state index contributed by atoms with van der Waals surface area (Å²) in [5.74, 6) is 0.778. The summed E-state index contributed by atoms with van der Waals surface area (Å²) in [5, 5.41) is 10.8. The van der Waals surface area contributed by atoms with Crippen LogP contribution in [0.3, 0.4) is 0 Å². The first-order valence-corrected chi connectivity index (χ1v) is 19.3. The first-order chi connectivity index (χ1) is 23.7. The molecule has 1 heterocycles. The van der Waals surface area contributed by atoms with Gasteiger partial charge in [-0.3, -0.25) is 14.2 Å². The third-order valence-corrected chi connectivity index (χ3v) is 12.1. The Kier molecular flexibility index (Phi) is 11.1. The molecule has 0 radical (unpaired) electrons. The van der Waals surface area contributed by atoms with E-state index in [4.69, 9.17) is 14.2 Å². The predicted octanol–water partition coefficient (Wildman–Crippen LogP) is 5.57. The smallest absolute Gasteiger partial charge is 0.338 e. The van der Waals surface area contributed by atoms with E-state index in [1.807, 2.05) is 78.9 Å². The van der Waals surface area contributed by atoms with Gasteiger partial charge in [0.15, 0.2) is 0 Å². The lowest BCUT2D eigenvalue weighted by Crippen LogP contribution is -2.47. The molecule has 0 aliphatic heterocycles. The maximum Gasteiger partial charge on any atom is 0.338 e. The minimum atomic E-state index is -2.52. The van der Waals surface area contributed by atoms with Crippen molar-refractivity contribution in [3.05, 3.63) is 164 Å². The third kappa shape index (κ3) is 7.51. The van der Waals surface area contributed by atoms with Crippen molar-refractivity contribution in [2.75, 3.05) is 26.7 Å². The Bertz CT molecular complexity index is 1930. The lowest BCUT2D eigenvalue weighted by molar-refractivity contribution is 0.0378. The number of rotatable bonds is 14. The van der Waals surface area contributed by atoms with Crippen LogP contribution >= 0.6 is 0 Å². The third-order valence-electron chi connectivity index (χ3n) is 8.92. The molecule has 0 spiro atoms. The van der Waals surface area contributed by atoms with Crippen LogP contribution in [-0.4, -0.2) is 54.9 Å². The molecule has 0 saturated carbocycles. The quantitative estimate of drug-likeness (QED) is 0.121. The number of nitrogens with zero attached hydrogens (tertiary/aromatic N) is 2. The van der Waals surface area contributed by atoms with Gasteiger partial charge >= 0.3 is 5.69 Å². The molecule has 49 heavy (non-hydrogen) atoms. The maximum absolute atomic E-state index is 13.4. The first-order valence-electron chi connectivity index (χ1n) is 16.2. The van der Waals surface area contributed by atoms with Crippen LogP contribution in [0.4, 0.5) is 0 Å². The maximum atomic E-state index is 13.4. The van der Waals surface area contributed by atoms with E-state index in [1.54, 1.807) is 51.5 Å². The van der Waals surface area contributed by atoms with Gasteiger partial charge in [0.05, 0.1) is 14.2 Å². The van der Waals surface area contributed by atoms with Crippen LogP contribution in [0.5, 0.6) is 11.5 Å². The van der Waals surface area contributed by atoms with Gasteiger partial charge in [0, 0.05) is 36.3 Å². The van der Waals surface area contributed by atoms with Gasteiger partial charge in [-0.05, 0) is 66.4 Å². The molecule has 1 atom stereocenters. The summed E-state index contributed by atoms with van der Waals surface area (Å²) in [6, 6.07) is 34.5. The molecule has 254 valence electrons. The van der Waals surface area contributed by atoms with Crippen molar-refractivity contribution >= 4 is 14.0 Å². The number of aliphatic hydroxyl groups excluding tert-OH is 1. The van der Waals surface area contributed by atoms with Gasteiger partial charge in [-0.1, -0.05) is 85.4 Å². The molecule has 0 fully saturated rings. The Balaban J connectivity index is 1.45. The zero-order valence-corrected chi connectivity index (χ0v) is 29.3. The molecule has 10 heteroatoms. The van der Waals surface area contributed by atoms with E-state index >= 15 is 0 Å². The fourth-order valence-electron chi connectivity index (χ4n) is 6.01. The number of aliphatic hydroxyl groups is 1. The molecular formula is C39H42N2O7Si. The van der Waals surface area contributed by atoms with Gasteiger partial charge in [-0.15, -0.1) is 0 Å². The van der Waals surface area contributed by atoms with Crippen LogP contribution in [0, 0.1) is 6.92 Å².